The van der Waals surface area contributed by atoms with Crippen LogP contribution in [0.3, 0.4) is 0 Å². The van der Waals surface area contributed by atoms with E-state index in [0.717, 1.165) is 0 Å². The van der Waals surface area contributed by atoms with E-state index >= 15 is 0 Å². The Balaban J connectivity index is 3.41. The molecule has 0 heterocycles. The van der Waals surface area contributed by atoms with Crippen LogP contribution in [-0.4, -0.2) is 39.2 Å². The van der Waals surface area contributed by atoms with Gasteiger partial charge in [-0.3, -0.25) is 0 Å². The molecule has 2 heteroatoms. The Bertz CT molecular complexity index is 86.3. The van der Waals surface area contributed by atoms with E-state index < -0.39 is 0 Å². The van der Waals surface area contributed by atoms with Gasteiger partial charge in [0.1, 0.15) is 0 Å². The SMILES string of the molecule is CCN(CC)CCC[As](CC)CC. The van der Waals surface area contributed by atoms with E-state index in [1.807, 2.05) is 0 Å². The molecule has 0 rings (SSSR count). The summed E-state index contributed by atoms with van der Waals surface area (Å²) < 4.78 is 0. The molecule has 0 spiro atoms. The van der Waals surface area contributed by atoms with Gasteiger partial charge in [-0.15, -0.1) is 0 Å². The minimum atomic E-state index is -0.363. The zero-order valence-electron chi connectivity index (χ0n) is 9.84. The average molecular weight is 247 g/mol. The van der Waals surface area contributed by atoms with Crippen molar-refractivity contribution in [1.29, 1.82) is 0 Å². The Morgan fingerprint density at radius 1 is 0.923 bits per heavy atom. The fourth-order valence-electron chi connectivity index (χ4n) is 1.60. The summed E-state index contributed by atoms with van der Waals surface area (Å²) in [5.74, 6) is 0. The molecule has 13 heavy (non-hydrogen) atoms. The first-order valence-electron chi connectivity index (χ1n) is 5.73. The monoisotopic (exact) mass is 247 g/mol. The van der Waals surface area contributed by atoms with Crippen LogP contribution in [0.5, 0.6) is 0 Å². The summed E-state index contributed by atoms with van der Waals surface area (Å²) in [6.45, 7) is 13.1. The zero-order valence-corrected chi connectivity index (χ0v) is 11.7. The molecule has 0 aromatic rings. The molecule has 0 radical (unpaired) electrons. The summed E-state index contributed by atoms with van der Waals surface area (Å²) in [4.78, 5) is 2.54. The van der Waals surface area contributed by atoms with Crippen molar-refractivity contribution in [2.24, 2.45) is 0 Å². The molecular weight excluding hydrogens is 221 g/mol. The molecule has 0 bridgehead atoms. The van der Waals surface area contributed by atoms with Crippen LogP contribution in [0.25, 0.3) is 0 Å². The standard InChI is InChI=1S/C11H26AsN/c1-5-12(6-2)10-9-11-13(7-3)8-4/h5-11H2,1-4H3. The molecule has 0 atom stereocenters. The van der Waals surface area contributed by atoms with Gasteiger partial charge in [-0.25, -0.2) is 0 Å². The van der Waals surface area contributed by atoms with Gasteiger partial charge in [0.2, 0.25) is 0 Å². The first-order chi connectivity index (χ1) is 6.28. The van der Waals surface area contributed by atoms with Gasteiger partial charge in [-0.1, -0.05) is 0 Å². The van der Waals surface area contributed by atoms with Crippen molar-refractivity contribution in [3.63, 3.8) is 0 Å². The van der Waals surface area contributed by atoms with E-state index in [0.29, 0.717) is 0 Å². The van der Waals surface area contributed by atoms with Gasteiger partial charge in [-0.2, -0.15) is 0 Å². The topological polar surface area (TPSA) is 3.24 Å². The number of hydrogen-bond donors (Lipinski definition) is 0. The quantitative estimate of drug-likeness (QED) is 0.595. The molecule has 0 unspecified atom stereocenters. The maximum absolute atomic E-state index is 2.54. The third kappa shape index (κ3) is 6.57. The predicted molar refractivity (Wildman–Crippen MR) is 63.9 cm³/mol. The first-order valence-corrected chi connectivity index (χ1v) is 9.71. The normalized spacial score (nSPS) is 11.5. The second kappa shape index (κ2) is 9.09. The molecule has 0 N–H and O–H groups in total. The van der Waals surface area contributed by atoms with Crippen LogP contribution in [0.15, 0.2) is 0 Å². The first kappa shape index (κ1) is 13.5. The maximum atomic E-state index is 2.54. The molecule has 0 saturated heterocycles. The van der Waals surface area contributed by atoms with Crippen LogP contribution in [0.4, 0.5) is 0 Å². The van der Waals surface area contributed by atoms with Crippen molar-refractivity contribution < 1.29 is 0 Å². The van der Waals surface area contributed by atoms with Gasteiger partial charge in [0, 0.05) is 0 Å². The number of nitrogens with zero attached hydrogens (tertiary/aromatic N) is 1. The molecular formula is C11H26AsN. The number of hydrogen-bond acceptors (Lipinski definition) is 1. The van der Waals surface area contributed by atoms with Crippen molar-refractivity contribution >= 4 is 14.7 Å². The molecule has 1 nitrogen and oxygen atoms in total. The van der Waals surface area contributed by atoms with Gasteiger partial charge in [-0.05, 0) is 0 Å². The summed E-state index contributed by atoms with van der Waals surface area (Å²) in [5, 5.41) is 4.57. The fraction of sp³-hybridized carbons (Fsp3) is 1.00. The van der Waals surface area contributed by atoms with Gasteiger partial charge >= 0.3 is 88.9 Å². The van der Waals surface area contributed by atoms with Crippen LogP contribution in [0, 0.1) is 0 Å². The Morgan fingerprint density at radius 3 is 1.85 bits per heavy atom. The van der Waals surface area contributed by atoms with E-state index in [-0.39, 0.29) is 14.7 Å². The van der Waals surface area contributed by atoms with Crippen LogP contribution in [-0.2, 0) is 0 Å². The fourth-order valence-corrected chi connectivity index (χ4v) is 5.10. The molecule has 0 fully saturated rings. The molecule has 0 aliphatic rings. The van der Waals surface area contributed by atoms with Crippen LogP contribution in [0.2, 0.25) is 15.6 Å². The van der Waals surface area contributed by atoms with E-state index in [1.54, 1.807) is 5.21 Å². The third-order valence-electron chi connectivity index (χ3n) is 2.74. The van der Waals surface area contributed by atoms with E-state index in [1.165, 1.54) is 36.5 Å². The summed E-state index contributed by atoms with van der Waals surface area (Å²) in [6.07, 6.45) is 1.45. The second-order valence-corrected chi connectivity index (χ2v) is 9.81. The van der Waals surface area contributed by atoms with Gasteiger partial charge in [0.05, 0.1) is 0 Å². The van der Waals surface area contributed by atoms with Gasteiger partial charge < -0.3 is 0 Å². The van der Waals surface area contributed by atoms with Gasteiger partial charge in [0.15, 0.2) is 0 Å². The van der Waals surface area contributed by atoms with Crippen LogP contribution < -0.4 is 0 Å². The molecule has 0 aromatic heterocycles. The molecule has 0 aromatic carbocycles. The van der Waals surface area contributed by atoms with E-state index in [9.17, 15) is 0 Å². The zero-order chi connectivity index (χ0) is 10.1. The van der Waals surface area contributed by atoms with Crippen molar-refractivity contribution in [2.75, 3.05) is 19.6 Å². The van der Waals surface area contributed by atoms with Crippen molar-refractivity contribution in [3.8, 4) is 0 Å². The summed E-state index contributed by atoms with van der Waals surface area (Å²) in [7, 11) is 0. The Hall–Kier alpha value is 0.518. The summed E-state index contributed by atoms with van der Waals surface area (Å²) in [6, 6.07) is 0. The minimum absolute atomic E-state index is 0.363. The average Bonchev–Trinajstić information content (AvgIpc) is 2.19. The molecule has 0 aliphatic carbocycles. The van der Waals surface area contributed by atoms with Crippen molar-refractivity contribution in [3.05, 3.63) is 0 Å². The van der Waals surface area contributed by atoms with Crippen molar-refractivity contribution in [1.82, 2.24) is 4.90 Å². The Morgan fingerprint density at radius 2 is 1.46 bits per heavy atom. The predicted octanol–water partition coefficient (Wildman–Crippen LogP) is 3.25. The van der Waals surface area contributed by atoms with E-state index in [2.05, 4.69) is 32.6 Å². The molecule has 80 valence electrons. The number of rotatable bonds is 8. The molecule has 0 aliphatic heterocycles. The van der Waals surface area contributed by atoms with Crippen molar-refractivity contribution in [2.45, 2.75) is 49.7 Å². The van der Waals surface area contributed by atoms with Crippen LogP contribution in [0.1, 0.15) is 34.1 Å². The molecule has 0 amide bonds. The van der Waals surface area contributed by atoms with E-state index in [4.69, 9.17) is 0 Å². The Labute approximate surface area is 89.1 Å². The summed E-state index contributed by atoms with van der Waals surface area (Å²) >= 11 is -0.363. The third-order valence-corrected chi connectivity index (χ3v) is 8.48. The van der Waals surface area contributed by atoms with Gasteiger partial charge in [0.25, 0.3) is 0 Å². The Kier molecular flexibility index (Phi) is 9.45. The summed E-state index contributed by atoms with van der Waals surface area (Å²) in [5.41, 5.74) is 0. The molecule has 0 saturated carbocycles. The van der Waals surface area contributed by atoms with Crippen LogP contribution >= 0.6 is 0 Å². The second-order valence-electron chi connectivity index (χ2n) is 3.41.